The molecule has 5 heterocycles. The molecule has 35 heavy (non-hydrogen) atoms. The van der Waals surface area contributed by atoms with Gasteiger partial charge in [0.1, 0.15) is 17.1 Å². The minimum atomic E-state index is -3.24. The average molecular weight is 565 g/mol. The van der Waals surface area contributed by atoms with Crippen molar-refractivity contribution >= 4 is 37.0 Å². The smallest absolute Gasteiger partial charge is 0.223 e. The van der Waals surface area contributed by atoms with Crippen molar-refractivity contribution in [1.82, 2.24) is 29.2 Å². The second-order valence-electron chi connectivity index (χ2n) is 9.83. The van der Waals surface area contributed by atoms with Gasteiger partial charge in [0, 0.05) is 43.8 Å². The fourth-order valence-electron chi connectivity index (χ4n) is 5.22. The van der Waals surface area contributed by atoms with Gasteiger partial charge in [-0.2, -0.15) is 4.31 Å². The van der Waals surface area contributed by atoms with Gasteiger partial charge in [0.15, 0.2) is 0 Å². The number of hydrogen-bond donors (Lipinski definition) is 0. The quantitative estimate of drug-likeness (QED) is 0.433. The number of halogens is 2. The summed E-state index contributed by atoms with van der Waals surface area (Å²) < 4.78 is 48.8. The number of benzene rings is 1. The first-order chi connectivity index (χ1) is 16.8. The van der Waals surface area contributed by atoms with Crippen LogP contribution in [-0.2, 0) is 23.1 Å². The third-order valence-corrected chi connectivity index (χ3v) is 9.27. The highest BCUT2D eigenvalue weighted by molar-refractivity contribution is 9.10. The Morgan fingerprint density at radius 3 is 2.69 bits per heavy atom. The monoisotopic (exact) mass is 564 g/mol. The maximum atomic E-state index is 14.2. The Labute approximate surface area is 211 Å². The topological polar surface area (TPSA) is 93.5 Å². The lowest BCUT2D eigenvalue weighted by atomic mass is 9.92. The molecule has 9 nitrogen and oxygen atoms in total. The third kappa shape index (κ3) is 4.56. The summed E-state index contributed by atoms with van der Waals surface area (Å²) in [7, 11) is -3.24. The lowest BCUT2D eigenvalue weighted by Gasteiger charge is -2.50. The molecule has 0 radical (unpaired) electrons. The predicted octanol–water partition coefficient (Wildman–Crippen LogP) is 3.54. The van der Waals surface area contributed by atoms with Crippen LogP contribution in [0.5, 0.6) is 11.6 Å². The van der Waals surface area contributed by atoms with Crippen molar-refractivity contribution < 1.29 is 17.5 Å². The molecule has 1 aliphatic carbocycles. The SMILES string of the molecule is CS(=O)(=O)N1CC2CCC1CN2Cc1cc(F)cnc1Oc1ccc2c(nnn2CC2CC2)c1Br. The first-order valence-electron chi connectivity index (χ1n) is 11.8. The van der Waals surface area contributed by atoms with Gasteiger partial charge in [0.25, 0.3) is 0 Å². The van der Waals surface area contributed by atoms with E-state index >= 15 is 0 Å². The first kappa shape index (κ1) is 23.3. The van der Waals surface area contributed by atoms with Crippen LogP contribution in [0.4, 0.5) is 4.39 Å². The Bertz CT molecular complexity index is 1400. The molecule has 1 aromatic carbocycles. The summed E-state index contributed by atoms with van der Waals surface area (Å²) in [6.07, 6.45) is 6.62. The fraction of sp³-hybridized carbons (Fsp3) is 0.522. The van der Waals surface area contributed by atoms with Gasteiger partial charge in [-0.25, -0.2) is 22.5 Å². The molecule has 1 saturated carbocycles. The second-order valence-corrected chi connectivity index (χ2v) is 12.6. The van der Waals surface area contributed by atoms with Gasteiger partial charge < -0.3 is 4.74 Å². The molecule has 0 N–H and O–H groups in total. The van der Waals surface area contributed by atoms with Gasteiger partial charge >= 0.3 is 0 Å². The number of piperidine rings is 2. The van der Waals surface area contributed by atoms with E-state index in [0.717, 1.165) is 31.1 Å². The molecule has 2 bridgehead atoms. The lowest BCUT2D eigenvalue weighted by molar-refractivity contribution is 0.0179. The number of sulfonamides is 1. The number of ether oxygens (including phenoxy) is 1. The first-order valence-corrected chi connectivity index (χ1v) is 14.5. The van der Waals surface area contributed by atoms with Gasteiger partial charge in [-0.1, -0.05) is 5.21 Å². The minimum Gasteiger partial charge on any atom is -0.437 e. The summed E-state index contributed by atoms with van der Waals surface area (Å²) in [6, 6.07) is 5.24. The number of rotatable bonds is 7. The summed E-state index contributed by atoms with van der Waals surface area (Å²) >= 11 is 3.61. The highest BCUT2D eigenvalue weighted by Gasteiger charge is 2.42. The number of nitrogens with zero attached hydrogens (tertiary/aromatic N) is 6. The van der Waals surface area contributed by atoms with E-state index in [1.807, 2.05) is 16.8 Å². The second kappa shape index (κ2) is 8.75. The molecule has 3 saturated heterocycles. The zero-order valence-electron chi connectivity index (χ0n) is 19.3. The number of pyridine rings is 1. The molecule has 186 valence electrons. The molecule has 4 aliphatic rings. The predicted molar refractivity (Wildman–Crippen MR) is 131 cm³/mol. The van der Waals surface area contributed by atoms with Crippen LogP contribution < -0.4 is 4.74 Å². The van der Waals surface area contributed by atoms with Gasteiger partial charge in [-0.15, -0.1) is 5.10 Å². The lowest BCUT2D eigenvalue weighted by Crippen LogP contribution is -2.63. The van der Waals surface area contributed by atoms with Crippen molar-refractivity contribution in [3.8, 4) is 11.6 Å². The van der Waals surface area contributed by atoms with E-state index < -0.39 is 15.8 Å². The maximum Gasteiger partial charge on any atom is 0.223 e. The summed E-state index contributed by atoms with van der Waals surface area (Å²) in [5, 5.41) is 8.63. The molecule has 2 aromatic heterocycles. The molecule has 3 aliphatic heterocycles. The van der Waals surface area contributed by atoms with Crippen LogP contribution in [0.2, 0.25) is 0 Å². The van der Waals surface area contributed by atoms with E-state index in [-0.39, 0.29) is 12.1 Å². The normalized spacial score (nSPS) is 23.3. The number of aromatic nitrogens is 4. The van der Waals surface area contributed by atoms with Crippen molar-refractivity contribution in [2.45, 2.75) is 50.9 Å². The molecular formula is C23H26BrFN6O3S. The zero-order chi connectivity index (χ0) is 24.3. The standard InChI is InChI=1S/C23H26BrFN6O3S/c1-35(32,33)31-13-17-4-5-18(31)12-29(17)11-15-8-16(25)9-26-23(15)34-20-7-6-19-22(21(20)24)27-28-30(19)10-14-2-3-14/h6-9,14,17-18H,2-5,10-13H2,1H3. The van der Waals surface area contributed by atoms with Gasteiger partial charge in [0.2, 0.25) is 15.9 Å². The van der Waals surface area contributed by atoms with Gasteiger partial charge in [-0.05, 0) is 65.7 Å². The van der Waals surface area contributed by atoms with Crippen molar-refractivity contribution in [2.24, 2.45) is 5.92 Å². The number of hydrogen-bond acceptors (Lipinski definition) is 7. The summed E-state index contributed by atoms with van der Waals surface area (Å²) in [6.45, 7) is 2.35. The zero-order valence-corrected chi connectivity index (χ0v) is 21.7. The van der Waals surface area contributed by atoms with Crippen LogP contribution >= 0.6 is 15.9 Å². The largest absolute Gasteiger partial charge is 0.437 e. The molecule has 2 unspecified atom stereocenters. The molecule has 0 spiro atoms. The third-order valence-electron chi connectivity index (χ3n) is 7.21. The molecular weight excluding hydrogens is 539 g/mol. The average Bonchev–Trinajstić information content (AvgIpc) is 3.55. The van der Waals surface area contributed by atoms with Gasteiger partial charge in [0.05, 0.1) is 22.4 Å². The van der Waals surface area contributed by atoms with E-state index in [1.54, 1.807) is 4.31 Å². The van der Waals surface area contributed by atoms with Crippen LogP contribution in [0.15, 0.2) is 28.9 Å². The minimum absolute atomic E-state index is 0.0595. The van der Waals surface area contributed by atoms with Crippen LogP contribution in [-0.4, -0.2) is 69.0 Å². The highest BCUT2D eigenvalue weighted by Crippen LogP contribution is 2.38. The van der Waals surface area contributed by atoms with Gasteiger partial charge in [-0.3, -0.25) is 4.90 Å². The molecule has 7 rings (SSSR count). The van der Waals surface area contributed by atoms with E-state index in [2.05, 4.69) is 36.1 Å². The number of fused-ring (bicyclic) bond motifs is 4. The molecule has 12 heteroatoms. The fourth-order valence-corrected chi connectivity index (χ4v) is 6.87. The van der Waals surface area contributed by atoms with E-state index in [1.165, 1.54) is 25.2 Å². The molecule has 4 fully saturated rings. The van der Waals surface area contributed by atoms with Crippen molar-refractivity contribution in [1.29, 1.82) is 0 Å². The Morgan fingerprint density at radius 2 is 1.97 bits per heavy atom. The van der Waals surface area contributed by atoms with Crippen LogP contribution in [0.1, 0.15) is 31.2 Å². The van der Waals surface area contributed by atoms with Crippen LogP contribution in [0.25, 0.3) is 11.0 Å². The van der Waals surface area contributed by atoms with E-state index in [4.69, 9.17) is 4.74 Å². The number of piperazine rings is 1. The highest BCUT2D eigenvalue weighted by atomic mass is 79.9. The van der Waals surface area contributed by atoms with E-state index in [9.17, 15) is 12.8 Å². The summed E-state index contributed by atoms with van der Waals surface area (Å²) in [5.74, 6) is 1.08. The Hall–Kier alpha value is -2.15. The molecule has 0 amide bonds. The summed E-state index contributed by atoms with van der Waals surface area (Å²) in [5.41, 5.74) is 2.26. The Morgan fingerprint density at radius 1 is 1.17 bits per heavy atom. The summed E-state index contributed by atoms with van der Waals surface area (Å²) in [4.78, 5) is 6.45. The maximum absolute atomic E-state index is 14.2. The van der Waals surface area contributed by atoms with Crippen molar-refractivity contribution in [3.05, 3.63) is 40.2 Å². The molecule has 3 aromatic rings. The van der Waals surface area contributed by atoms with Crippen molar-refractivity contribution in [3.63, 3.8) is 0 Å². The van der Waals surface area contributed by atoms with Crippen molar-refractivity contribution in [2.75, 3.05) is 19.3 Å². The van der Waals surface area contributed by atoms with E-state index in [0.29, 0.717) is 52.7 Å². The Balaban J connectivity index is 1.24. The van der Waals surface area contributed by atoms with Crippen LogP contribution in [0.3, 0.4) is 0 Å². The Kier molecular flexibility index (Phi) is 5.82. The molecule has 2 atom stereocenters. The van der Waals surface area contributed by atoms with Crippen LogP contribution in [0, 0.1) is 11.7 Å².